The third-order valence-electron chi connectivity index (χ3n) is 7.36. The van der Waals surface area contributed by atoms with E-state index in [1.807, 2.05) is 13.0 Å². The van der Waals surface area contributed by atoms with Crippen molar-refractivity contribution in [1.29, 1.82) is 5.26 Å². The quantitative estimate of drug-likeness (QED) is 0.669. The van der Waals surface area contributed by atoms with Crippen molar-refractivity contribution in [2.75, 3.05) is 0 Å². The molecule has 0 aromatic heterocycles. The molecular weight excluding hydrogens is 413 g/mol. The fourth-order valence-corrected chi connectivity index (χ4v) is 5.19. The summed E-state index contributed by atoms with van der Waals surface area (Å²) in [4.78, 5) is 18.4. The van der Waals surface area contributed by atoms with E-state index < -0.39 is 5.82 Å². The maximum Gasteiger partial charge on any atom is 0.184 e. The van der Waals surface area contributed by atoms with Crippen molar-refractivity contribution in [1.82, 2.24) is 0 Å². The number of carbonyl (C=O) groups excluding carboxylic acids is 1. The van der Waals surface area contributed by atoms with Gasteiger partial charge in [0.25, 0.3) is 0 Å². The highest BCUT2D eigenvalue weighted by Crippen LogP contribution is 2.43. The van der Waals surface area contributed by atoms with E-state index in [0.29, 0.717) is 22.9 Å². The Bertz CT molecular complexity index is 1190. The topological polar surface area (TPSA) is 79.2 Å². The van der Waals surface area contributed by atoms with Crippen LogP contribution in [0.15, 0.2) is 47.5 Å². The Morgan fingerprint density at radius 1 is 0.970 bits per heavy atom. The van der Waals surface area contributed by atoms with Gasteiger partial charge in [0.1, 0.15) is 11.9 Å². The van der Waals surface area contributed by atoms with Crippen LogP contribution in [-0.4, -0.2) is 17.5 Å². The molecule has 1 atom stereocenters. The van der Waals surface area contributed by atoms with Gasteiger partial charge in [-0.15, -0.1) is 0 Å². The number of aliphatic imine (C=N–C) groups is 1. The average molecular weight is 442 g/mol. The van der Waals surface area contributed by atoms with Crippen molar-refractivity contribution >= 4 is 22.8 Å². The maximum absolute atomic E-state index is 14.6. The second kappa shape index (κ2) is 8.68. The SMILES string of the molecule is C[C@@H]1C(=O)C(C2CCC(N)CC2)=NC(c2ccc(C#N)c(F)c2)=C1c1ccc(C2CC2)cc1. The predicted octanol–water partition coefficient (Wildman–Crippen LogP) is 5.62. The molecule has 2 N–H and O–H groups in total. The Kier molecular flexibility index (Phi) is 5.72. The second-order valence-electron chi connectivity index (χ2n) is 9.66. The van der Waals surface area contributed by atoms with Crippen LogP contribution in [-0.2, 0) is 4.79 Å². The molecule has 1 aliphatic heterocycles. The van der Waals surface area contributed by atoms with Crippen LogP contribution in [0.5, 0.6) is 0 Å². The van der Waals surface area contributed by atoms with E-state index in [4.69, 9.17) is 16.0 Å². The molecule has 2 saturated carbocycles. The minimum Gasteiger partial charge on any atom is -0.328 e. The van der Waals surface area contributed by atoms with E-state index >= 15 is 0 Å². The summed E-state index contributed by atoms with van der Waals surface area (Å²) in [6.07, 6.45) is 5.91. The monoisotopic (exact) mass is 441 g/mol. The molecule has 0 amide bonds. The molecular formula is C28H28FN3O. The number of nitrogens with two attached hydrogens (primary N) is 1. The molecule has 168 valence electrons. The van der Waals surface area contributed by atoms with Gasteiger partial charge in [0, 0.05) is 23.4 Å². The summed E-state index contributed by atoms with van der Waals surface area (Å²) in [6, 6.07) is 15.0. The van der Waals surface area contributed by atoms with Gasteiger partial charge in [-0.05, 0) is 73.3 Å². The van der Waals surface area contributed by atoms with Crippen LogP contribution in [0.3, 0.4) is 0 Å². The number of benzene rings is 2. The number of nitriles is 1. The summed E-state index contributed by atoms with van der Waals surface area (Å²) < 4.78 is 14.6. The molecule has 2 aromatic rings. The summed E-state index contributed by atoms with van der Waals surface area (Å²) in [6.45, 7) is 1.93. The van der Waals surface area contributed by atoms with Crippen molar-refractivity contribution in [3.8, 4) is 6.07 Å². The summed E-state index contributed by atoms with van der Waals surface area (Å²) in [5, 5.41) is 9.15. The molecule has 0 saturated heterocycles. The van der Waals surface area contributed by atoms with Crippen LogP contribution in [0.25, 0.3) is 11.3 Å². The van der Waals surface area contributed by atoms with Gasteiger partial charge in [-0.3, -0.25) is 4.79 Å². The van der Waals surface area contributed by atoms with E-state index in [-0.39, 0.29) is 29.2 Å². The first-order valence-corrected chi connectivity index (χ1v) is 11.9. The lowest BCUT2D eigenvalue weighted by molar-refractivity contribution is -0.115. The zero-order chi connectivity index (χ0) is 23.1. The molecule has 2 fully saturated rings. The normalized spacial score (nSPS) is 25.6. The molecule has 33 heavy (non-hydrogen) atoms. The Morgan fingerprint density at radius 3 is 2.21 bits per heavy atom. The van der Waals surface area contributed by atoms with Crippen molar-refractivity contribution in [2.45, 2.75) is 57.4 Å². The first kappa shape index (κ1) is 21.7. The van der Waals surface area contributed by atoms with Gasteiger partial charge in [0.2, 0.25) is 0 Å². The summed E-state index contributed by atoms with van der Waals surface area (Å²) in [7, 11) is 0. The number of rotatable bonds is 4. The largest absolute Gasteiger partial charge is 0.328 e. The molecule has 1 heterocycles. The zero-order valence-electron chi connectivity index (χ0n) is 18.9. The highest BCUT2D eigenvalue weighted by atomic mass is 19.1. The molecule has 5 rings (SSSR count). The summed E-state index contributed by atoms with van der Waals surface area (Å²) >= 11 is 0. The zero-order valence-corrected chi connectivity index (χ0v) is 18.9. The minimum absolute atomic E-state index is 0.0000850. The van der Waals surface area contributed by atoms with E-state index in [9.17, 15) is 9.18 Å². The molecule has 5 heteroatoms. The Hall–Kier alpha value is -3.10. The van der Waals surface area contributed by atoms with E-state index in [1.165, 1.54) is 30.5 Å². The lowest BCUT2D eigenvalue weighted by Crippen LogP contribution is -2.37. The summed E-state index contributed by atoms with van der Waals surface area (Å²) in [5.74, 6) is -0.177. The number of Topliss-reactive ketones (excluding diaryl/α,β-unsaturated/α-hetero) is 1. The van der Waals surface area contributed by atoms with Crippen LogP contribution in [0.1, 0.15) is 73.6 Å². The molecule has 0 spiro atoms. The fraction of sp³-hybridized carbons (Fsp3) is 0.393. The highest BCUT2D eigenvalue weighted by molar-refractivity contribution is 6.45. The molecule has 0 bridgehead atoms. The van der Waals surface area contributed by atoms with E-state index in [2.05, 4.69) is 24.3 Å². The molecule has 2 aromatic carbocycles. The van der Waals surface area contributed by atoms with Gasteiger partial charge in [-0.2, -0.15) is 5.26 Å². The molecule has 3 aliphatic rings. The van der Waals surface area contributed by atoms with Gasteiger partial charge in [-0.25, -0.2) is 9.38 Å². The first-order chi connectivity index (χ1) is 16.0. The number of hydrogen-bond donors (Lipinski definition) is 1. The number of hydrogen-bond acceptors (Lipinski definition) is 4. The molecule has 0 radical (unpaired) electrons. The van der Waals surface area contributed by atoms with Gasteiger partial charge in [-0.1, -0.05) is 37.3 Å². The number of carbonyl (C=O) groups is 1. The molecule has 4 nitrogen and oxygen atoms in total. The van der Waals surface area contributed by atoms with Gasteiger partial charge in [0.05, 0.1) is 17.0 Å². The third kappa shape index (κ3) is 4.16. The van der Waals surface area contributed by atoms with Crippen molar-refractivity contribution in [3.63, 3.8) is 0 Å². The van der Waals surface area contributed by atoms with Crippen LogP contribution < -0.4 is 5.73 Å². The number of ketones is 1. The standard InChI is InChI=1S/C28H28FN3O/c1-16-25(19-6-4-18(5-7-19)17-2-3-17)26(21-8-9-22(15-30)24(29)14-21)32-27(28(16)33)20-10-12-23(31)13-11-20/h4-9,14,16-17,20,23H,2-3,10-13,31H2,1H3/t16-,20?,23?/m0/s1. The van der Waals surface area contributed by atoms with E-state index in [0.717, 1.165) is 36.8 Å². The Labute approximate surface area is 194 Å². The van der Waals surface area contributed by atoms with Crippen LogP contribution in [0.4, 0.5) is 4.39 Å². The average Bonchev–Trinajstić information content (AvgIpc) is 3.67. The smallest absolute Gasteiger partial charge is 0.184 e. The van der Waals surface area contributed by atoms with Gasteiger partial charge in [0.15, 0.2) is 5.78 Å². The first-order valence-electron chi connectivity index (χ1n) is 11.9. The molecule has 2 aliphatic carbocycles. The minimum atomic E-state index is -0.573. The lowest BCUT2D eigenvalue weighted by Gasteiger charge is -2.31. The number of nitrogens with zero attached hydrogens (tertiary/aromatic N) is 2. The van der Waals surface area contributed by atoms with Crippen molar-refractivity contribution in [3.05, 3.63) is 70.5 Å². The van der Waals surface area contributed by atoms with Crippen molar-refractivity contribution < 1.29 is 9.18 Å². The van der Waals surface area contributed by atoms with Crippen LogP contribution in [0.2, 0.25) is 0 Å². The number of halogens is 1. The van der Waals surface area contributed by atoms with E-state index in [1.54, 1.807) is 6.07 Å². The highest BCUT2D eigenvalue weighted by Gasteiger charge is 2.36. The number of allylic oxidation sites excluding steroid dienone is 1. The lowest BCUT2D eigenvalue weighted by atomic mass is 9.76. The van der Waals surface area contributed by atoms with Crippen molar-refractivity contribution in [2.24, 2.45) is 22.6 Å². The third-order valence-corrected chi connectivity index (χ3v) is 7.36. The fourth-order valence-electron chi connectivity index (χ4n) is 5.19. The predicted molar refractivity (Wildman–Crippen MR) is 128 cm³/mol. The van der Waals surface area contributed by atoms with Gasteiger partial charge < -0.3 is 5.73 Å². The summed E-state index contributed by atoms with van der Waals surface area (Å²) in [5.41, 5.74) is 11.0. The maximum atomic E-state index is 14.6. The van der Waals surface area contributed by atoms with Crippen LogP contribution in [0, 0.1) is 29.0 Å². The Morgan fingerprint density at radius 2 is 1.61 bits per heavy atom. The Balaban J connectivity index is 1.64. The second-order valence-corrected chi connectivity index (χ2v) is 9.66. The van der Waals surface area contributed by atoms with Crippen LogP contribution >= 0.6 is 0 Å². The molecule has 0 unspecified atom stereocenters. The van der Waals surface area contributed by atoms with Gasteiger partial charge >= 0.3 is 0 Å².